The maximum absolute atomic E-state index is 13.7. The summed E-state index contributed by atoms with van der Waals surface area (Å²) in [4.78, 5) is 41.7. The average molecular weight is 605 g/mol. The molecule has 1 aromatic rings. The predicted octanol–water partition coefficient (Wildman–Crippen LogP) is 4.83. The van der Waals surface area contributed by atoms with Crippen LogP contribution < -0.4 is 5.06 Å². The Morgan fingerprint density at radius 2 is 1.77 bits per heavy atom. The van der Waals surface area contributed by atoms with Crippen molar-refractivity contribution in [1.82, 2.24) is 4.90 Å². The predicted molar refractivity (Wildman–Crippen MR) is 144 cm³/mol. The number of rotatable bonds is 3. The smallest absolute Gasteiger partial charge is 0.444 e. The van der Waals surface area contributed by atoms with Gasteiger partial charge in [-0.3, -0.25) is 14.9 Å². The normalized spacial score (nSPS) is 27.2. The minimum absolute atomic E-state index is 0.0140. The van der Waals surface area contributed by atoms with Crippen LogP contribution in [0.5, 0.6) is 0 Å². The van der Waals surface area contributed by atoms with E-state index in [1.165, 1.54) is 4.90 Å². The number of anilines is 1. The molecule has 0 aromatic heterocycles. The Balaban J connectivity index is 1.82. The topological polar surface area (TPSA) is 115 Å². The molecule has 4 aliphatic rings. The molecule has 4 bridgehead atoms. The van der Waals surface area contributed by atoms with E-state index in [-0.39, 0.29) is 17.9 Å². The molecule has 2 amide bonds. The van der Waals surface area contributed by atoms with Crippen molar-refractivity contribution in [3.8, 4) is 11.8 Å². The molecule has 1 aliphatic carbocycles. The van der Waals surface area contributed by atoms with Gasteiger partial charge in [-0.05, 0) is 82.6 Å². The molecule has 5 atom stereocenters. The summed E-state index contributed by atoms with van der Waals surface area (Å²) in [5.41, 5.74) is -2.83. The Morgan fingerprint density at radius 3 is 2.36 bits per heavy atom. The van der Waals surface area contributed by atoms with E-state index >= 15 is 0 Å². The number of para-hydroxylation sites is 1. The molecule has 2 saturated heterocycles. The molecule has 210 valence electrons. The van der Waals surface area contributed by atoms with E-state index in [0.29, 0.717) is 9.54 Å². The van der Waals surface area contributed by atoms with E-state index in [1.54, 1.807) is 78.8 Å². The third-order valence-corrected chi connectivity index (χ3v) is 7.21. The first-order chi connectivity index (χ1) is 18.1. The van der Waals surface area contributed by atoms with Crippen LogP contribution in [0.15, 0.2) is 40.4 Å². The van der Waals surface area contributed by atoms with E-state index in [4.69, 9.17) is 18.9 Å². The van der Waals surface area contributed by atoms with Crippen LogP contribution in [0.1, 0.15) is 48.5 Å². The maximum atomic E-state index is 13.7. The van der Waals surface area contributed by atoms with E-state index in [0.717, 1.165) is 0 Å². The van der Waals surface area contributed by atoms with E-state index in [2.05, 4.69) is 27.8 Å². The van der Waals surface area contributed by atoms with Gasteiger partial charge < -0.3 is 18.9 Å². The highest BCUT2D eigenvalue weighted by molar-refractivity contribution is 9.10. The minimum atomic E-state index is -1.35. The van der Waals surface area contributed by atoms with Gasteiger partial charge in [0.2, 0.25) is 0 Å². The van der Waals surface area contributed by atoms with Crippen LogP contribution in [0.2, 0.25) is 0 Å². The second-order valence-electron chi connectivity index (χ2n) is 11.6. The Hall–Kier alpha value is -3.07. The molecule has 0 saturated carbocycles. The summed E-state index contributed by atoms with van der Waals surface area (Å²) >= 11 is 3.34. The summed E-state index contributed by atoms with van der Waals surface area (Å²) in [5, 5.41) is 11.4. The molecule has 0 spiro atoms. The van der Waals surface area contributed by atoms with Gasteiger partial charge in [-0.25, -0.2) is 9.59 Å². The van der Waals surface area contributed by atoms with Crippen LogP contribution in [0.3, 0.4) is 0 Å². The summed E-state index contributed by atoms with van der Waals surface area (Å²) in [5.74, 6) is 4.72. The largest absolute Gasteiger partial charge is 0.509 e. The molecular formula is C28H33BrN2O8. The zero-order chi connectivity index (χ0) is 28.9. The lowest BCUT2D eigenvalue weighted by molar-refractivity contribution is -0.221. The van der Waals surface area contributed by atoms with Crippen molar-refractivity contribution in [2.24, 2.45) is 5.92 Å². The Morgan fingerprint density at radius 1 is 1.13 bits per heavy atom. The summed E-state index contributed by atoms with van der Waals surface area (Å²) < 4.78 is 23.5. The lowest BCUT2D eigenvalue weighted by atomic mass is 9.64. The number of likely N-dealkylation sites (tertiary alicyclic amines) is 1. The Kier molecular flexibility index (Phi) is 7.53. The third-order valence-electron chi connectivity index (χ3n) is 6.54. The van der Waals surface area contributed by atoms with Crippen LogP contribution in [0, 0.1) is 17.8 Å². The van der Waals surface area contributed by atoms with E-state index in [1.807, 2.05) is 0 Å². The highest BCUT2D eigenvalue weighted by atomic mass is 79.9. The van der Waals surface area contributed by atoms with Crippen LogP contribution >= 0.6 is 15.9 Å². The molecule has 3 aliphatic heterocycles. The summed E-state index contributed by atoms with van der Waals surface area (Å²) in [6.07, 6.45) is -2.53. The zero-order valence-corrected chi connectivity index (χ0v) is 24.6. The highest BCUT2D eigenvalue weighted by Crippen LogP contribution is 2.55. The van der Waals surface area contributed by atoms with Crippen molar-refractivity contribution >= 4 is 39.8 Å². The van der Waals surface area contributed by atoms with Crippen molar-refractivity contribution in [2.45, 2.75) is 83.5 Å². The molecule has 11 heteroatoms. The Bertz CT molecular complexity index is 1270. The number of carbonyl (C=O) groups excluding carboxylic acids is 3. The first-order valence-corrected chi connectivity index (χ1v) is 13.4. The van der Waals surface area contributed by atoms with Crippen LogP contribution in [-0.4, -0.2) is 69.9 Å². The average Bonchev–Trinajstić information content (AvgIpc) is 3.07. The number of nitrogens with zero attached hydrogens (tertiary/aromatic N) is 2. The van der Waals surface area contributed by atoms with Gasteiger partial charge in [0.05, 0.1) is 23.9 Å². The molecule has 3 heterocycles. The molecule has 1 aromatic carbocycles. The van der Waals surface area contributed by atoms with Gasteiger partial charge in [-0.15, -0.1) is 5.92 Å². The first kappa shape index (κ1) is 28.9. The standard InChI is InChI=1S/C28H33BrN2O8/c1-8-13-28-17-15-36-21(22(28)37-25(34)39-27(5,6)7)16(14-20(17)30(28)24(33)38-26(2,3)4)23(32)31(35)19-12-10-9-11-18(19)29/h9-12,14,17,20-22,35H,15H2,1-7H3/t17?,20-,21?,22?,28?/m0/s1. The van der Waals surface area contributed by atoms with Gasteiger partial charge in [0.25, 0.3) is 5.91 Å². The van der Waals surface area contributed by atoms with Crippen molar-refractivity contribution in [2.75, 3.05) is 11.7 Å². The highest BCUT2D eigenvalue weighted by Gasteiger charge is 2.73. The zero-order valence-electron chi connectivity index (χ0n) is 23.0. The number of fused-ring (bicyclic) bond motifs is 1. The fraction of sp³-hybridized carbons (Fsp3) is 0.536. The number of hydrogen-bond acceptors (Lipinski definition) is 8. The van der Waals surface area contributed by atoms with Crippen molar-refractivity contribution in [3.63, 3.8) is 0 Å². The summed E-state index contributed by atoms with van der Waals surface area (Å²) in [6.45, 7) is 12.0. The number of hydroxylamine groups is 1. The van der Waals surface area contributed by atoms with Crippen LogP contribution in [0.25, 0.3) is 0 Å². The first-order valence-electron chi connectivity index (χ1n) is 12.6. The fourth-order valence-electron chi connectivity index (χ4n) is 5.19. The molecule has 10 nitrogen and oxygen atoms in total. The lowest BCUT2D eigenvalue weighted by Gasteiger charge is -2.63. The molecule has 2 fully saturated rings. The minimum Gasteiger partial charge on any atom is -0.444 e. The van der Waals surface area contributed by atoms with Crippen LogP contribution in [0.4, 0.5) is 15.3 Å². The van der Waals surface area contributed by atoms with Gasteiger partial charge >= 0.3 is 12.2 Å². The molecular weight excluding hydrogens is 572 g/mol. The molecule has 4 unspecified atom stereocenters. The number of carbonyl (C=O) groups is 3. The Labute approximate surface area is 236 Å². The van der Waals surface area contributed by atoms with Gasteiger partial charge in [0, 0.05) is 10.4 Å². The monoisotopic (exact) mass is 604 g/mol. The molecule has 39 heavy (non-hydrogen) atoms. The van der Waals surface area contributed by atoms with Gasteiger partial charge in [-0.2, -0.15) is 5.06 Å². The van der Waals surface area contributed by atoms with Crippen molar-refractivity contribution < 1.29 is 38.5 Å². The van der Waals surface area contributed by atoms with Crippen LogP contribution in [-0.2, 0) is 23.7 Å². The quantitative estimate of drug-likeness (QED) is 0.226. The second kappa shape index (κ2) is 10.2. The number of ether oxygens (including phenoxy) is 4. The molecule has 1 N–H and O–H groups in total. The third kappa shape index (κ3) is 5.25. The lowest BCUT2D eigenvalue weighted by Crippen LogP contribution is -2.82. The van der Waals surface area contributed by atoms with Crippen molar-refractivity contribution in [3.05, 3.63) is 40.4 Å². The summed E-state index contributed by atoms with van der Waals surface area (Å²) in [6, 6.07) is 5.98. The number of amides is 2. The number of hydrogen-bond donors (Lipinski definition) is 1. The number of benzene rings is 1. The van der Waals surface area contributed by atoms with E-state index < -0.39 is 59.1 Å². The summed E-state index contributed by atoms with van der Waals surface area (Å²) in [7, 11) is 0. The number of halogens is 1. The molecule has 5 rings (SSSR count). The van der Waals surface area contributed by atoms with Gasteiger partial charge in [0.15, 0.2) is 11.6 Å². The maximum Gasteiger partial charge on any atom is 0.509 e. The van der Waals surface area contributed by atoms with Gasteiger partial charge in [-0.1, -0.05) is 18.1 Å². The fourth-order valence-corrected chi connectivity index (χ4v) is 5.64. The van der Waals surface area contributed by atoms with E-state index in [9.17, 15) is 19.6 Å². The SMILES string of the molecule is CC#CC12C(OC(=O)OC(C)(C)C)C3OCC1[C@H](C=C3C(=O)N(O)c1ccccc1Br)N2C(=O)OC(C)(C)C. The van der Waals surface area contributed by atoms with Crippen molar-refractivity contribution in [1.29, 1.82) is 0 Å². The molecule has 0 radical (unpaired) electrons. The second-order valence-corrected chi connectivity index (χ2v) is 12.4. The van der Waals surface area contributed by atoms with Gasteiger partial charge in [0.1, 0.15) is 17.3 Å².